The van der Waals surface area contributed by atoms with Gasteiger partial charge in [-0.3, -0.25) is 0 Å². The third-order valence-corrected chi connectivity index (χ3v) is 4.07. The van der Waals surface area contributed by atoms with Gasteiger partial charge in [-0.1, -0.05) is 0 Å². The Hall–Kier alpha value is -0.560. The lowest BCUT2D eigenvalue weighted by atomic mass is 10.2. The second-order valence-electron chi connectivity index (χ2n) is 4.92. The van der Waals surface area contributed by atoms with Crippen LogP contribution in [0.1, 0.15) is 20.8 Å². The zero-order valence-electron chi connectivity index (χ0n) is 9.81. The highest BCUT2D eigenvalue weighted by molar-refractivity contribution is 8.14. The second kappa shape index (κ2) is 4.61. The molecule has 1 saturated heterocycles. The minimum Gasteiger partial charge on any atom is -0.444 e. The Bertz CT molecular complexity index is 406. The first-order chi connectivity index (χ1) is 7.50. The van der Waals surface area contributed by atoms with Crippen LogP contribution in [-0.4, -0.2) is 49.5 Å². The number of ether oxygens (including phenoxy) is 1. The van der Waals surface area contributed by atoms with Crippen LogP contribution in [0.15, 0.2) is 0 Å². The molecule has 1 aliphatic rings. The van der Waals surface area contributed by atoms with Gasteiger partial charge in [0, 0.05) is 17.2 Å². The lowest BCUT2D eigenvalue weighted by Crippen LogP contribution is -2.36. The van der Waals surface area contributed by atoms with Crippen molar-refractivity contribution in [3.05, 3.63) is 0 Å². The van der Waals surface area contributed by atoms with E-state index in [0.717, 1.165) is 4.90 Å². The summed E-state index contributed by atoms with van der Waals surface area (Å²) in [6.45, 7) is 4.42. The van der Waals surface area contributed by atoms with E-state index in [2.05, 4.69) is 0 Å². The van der Waals surface area contributed by atoms with Crippen molar-refractivity contribution in [1.29, 1.82) is 0 Å². The summed E-state index contributed by atoms with van der Waals surface area (Å²) in [5.41, 5.74) is -0.708. The molecule has 5 nitrogen and oxygen atoms in total. The zero-order chi connectivity index (χ0) is 13.4. The van der Waals surface area contributed by atoms with E-state index < -0.39 is 32.2 Å². The van der Waals surface area contributed by atoms with Gasteiger partial charge in [0.1, 0.15) is 17.0 Å². The van der Waals surface area contributed by atoms with E-state index >= 15 is 0 Å². The van der Waals surface area contributed by atoms with Gasteiger partial charge in [-0.2, -0.15) is 0 Å². The van der Waals surface area contributed by atoms with E-state index in [9.17, 15) is 17.6 Å². The van der Waals surface area contributed by atoms with Gasteiger partial charge in [0.05, 0.1) is 6.54 Å². The summed E-state index contributed by atoms with van der Waals surface area (Å²) in [6.07, 6.45) is -2.41. The standard InChI is InChI=1S/C9H15ClFNO4S/c1-9(2,3)16-8(13)12-4-6(11)7(5-12)17(10,14)15/h6-7H,4-5H2,1-3H3/t6-,7-/m0/s1. The number of hydrogen-bond donors (Lipinski definition) is 0. The first-order valence-electron chi connectivity index (χ1n) is 5.06. The second-order valence-corrected chi connectivity index (χ2v) is 7.76. The molecule has 2 atom stereocenters. The summed E-state index contributed by atoms with van der Waals surface area (Å²) < 4.78 is 40.5. The highest BCUT2D eigenvalue weighted by atomic mass is 35.7. The molecule has 8 heteroatoms. The molecule has 0 saturated carbocycles. The van der Waals surface area contributed by atoms with E-state index in [4.69, 9.17) is 15.4 Å². The molecular formula is C9H15ClFNO4S. The van der Waals surface area contributed by atoms with Gasteiger partial charge < -0.3 is 9.64 Å². The first-order valence-corrected chi connectivity index (χ1v) is 7.43. The van der Waals surface area contributed by atoms with E-state index in [1.807, 2.05) is 0 Å². The van der Waals surface area contributed by atoms with Crippen molar-refractivity contribution in [3.8, 4) is 0 Å². The van der Waals surface area contributed by atoms with E-state index in [0.29, 0.717) is 0 Å². The fraction of sp³-hybridized carbons (Fsp3) is 0.889. The van der Waals surface area contributed by atoms with Crippen molar-refractivity contribution in [3.63, 3.8) is 0 Å². The molecule has 0 aromatic heterocycles. The number of rotatable bonds is 1. The number of hydrogen-bond acceptors (Lipinski definition) is 4. The number of nitrogens with zero attached hydrogens (tertiary/aromatic N) is 1. The van der Waals surface area contributed by atoms with Gasteiger partial charge in [0.25, 0.3) is 0 Å². The van der Waals surface area contributed by atoms with Crippen molar-refractivity contribution in [2.75, 3.05) is 13.1 Å². The molecule has 0 aliphatic carbocycles. The maximum absolute atomic E-state index is 13.4. The van der Waals surface area contributed by atoms with Crippen molar-refractivity contribution in [1.82, 2.24) is 4.90 Å². The summed E-state index contributed by atoms with van der Waals surface area (Å²) in [5.74, 6) is 0. The zero-order valence-corrected chi connectivity index (χ0v) is 11.4. The van der Waals surface area contributed by atoms with Gasteiger partial charge in [-0.25, -0.2) is 17.6 Å². The van der Waals surface area contributed by atoms with Gasteiger partial charge >= 0.3 is 6.09 Å². The van der Waals surface area contributed by atoms with Crippen LogP contribution < -0.4 is 0 Å². The lowest BCUT2D eigenvalue weighted by molar-refractivity contribution is 0.0284. The molecule has 1 amide bonds. The van der Waals surface area contributed by atoms with Crippen LogP contribution in [0.3, 0.4) is 0 Å². The molecule has 100 valence electrons. The number of carbonyl (C=O) groups is 1. The summed E-state index contributed by atoms with van der Waals surface area (Å²) in [5, 5.41) is -1.38. The van der Waals surface area contributed by atoms with Crippen LogP contribution in [0.2, 0.25) is 0 Å². The Kier molecular flexibility index (Phi) is 3.93. The molecule has 1 fully saturated rings. The molecule has 0 aromatic rings. The lowest BCUT2D eigenvalue weighted by Gasteiger charge is -2.24. The molecular weight excluding hydrogens is 273 g/mol. The topological polar surface area (TPSA) is 63.7 Å². The minimum absolute atomic E-state index is 0.276. The van der Waals surface area contributed by atoms with Crippen molar-refractivity contribution >= 4 is 25.8 Å². The Morgan fingerprint density at radius 2 is 1.94 bits per heavy atom. The molecule has 0 N–H and O–H groups in total. The first kappa shape index (κ1) is 14.5. The van der Waals surface area contributed by atoms with Crippen LogP contribution in [0, 0.1) is 0 Å². The average Bonchev–Trinajstić information content (AvgIpc) is 2.42. The third kappa shape index (κ3) is 3.99. The predicted molar refractivity (Wildman–Crippen MR) is 61.3 cm³/mol. The molecule has 0 spiro atoms. The summed E-state index contributed by atoms with van der Waals surface area (Å²) >= 11 is 0. The Morgan fingerprint density at radius 3 is 2.29 bits per heavy atom. The molecule has 1 rings (SSSR count). The van der Waals surface area contributed by atoms with Crippen LogP contribution >= 0.6 is 10.7 Å². The van der Waals surface area contributed by atoms with Crippen LogP contribution in [0.25, 0.3) is 0 Å². The van der Waals surface area contributed by atoms with Gasteiger partial charge in [0.2, 0.25) is 9.05 Å². The quantitative estimate of drug-likeness (QED) is 0.686. The Balaban J connectivity index is 2.70. The molecule has 0 unspecified atom stereocenters. The number of alkyl halides is 1. The van der Waals surface area contributed by atoms with Crippen molar-refractivity contribution in [2.24, 2.45) is 0 Å². The normalized spacial score (nSPS) is 26.1. The largest absolute Gasteiger partial charge is 0.444 e. The molecule has 1 heterocycles. The fourth-order valence-corrected chi connectivity index (χ4v) is 2.78. The maximum atomic E-state index is 13.4. The van der Waals surface area contributed by atoms with E-state index in [1.54, 1.807) is 20.8 Å². The van der Waals surface area contributed by atoms with Gasteiger partial charge in [0.15, 0.2) is 0 Å². The van der Waals surface area contributed by atoms with Gasteiger partial charge in [-0.15, -0.1) is 0 Å². The summed E-state index contributed by atoms with van der Waals surface area (Å²) in [6, 6.07) is 0. The third-order valence-electron chi connectivity index (χ3n) is 2.21. The van der Waals surface area contributed by atoms with E-state index in [-0.39, 0.29) is 13.1 Å². The van der Waals surface area contributed by atoms with Crippen LogP contribution in [0.5, 0.6) is 0 Å². The monoisotopic (exact) mass is 287 g/mol. The average molecular weight is 288 g/mol. The molecule has 17 heavy (non-hydrogen) atoms. The Morgan fingerprint density at radius 1 is 1.41 bits per heavy atom. The van der Waals surface area contributed by atoms with Crippen LogP contribution in [0.4, 0.5) is 9.18 Å². The van der Waals surface area contributed by atoms with Gasteiger partial charge in [-0.05, 0) is 20.8 Å². The van der Waals surface area contributed by atoms with Crippen molar-refractivity contribution in [2.45, 2.75) is 37.8 Å². The van der Waals surface area contributed by atoms with Crippen LogP contribution in [-0.2, 0) is 13.8 Å². The van der Waals surface area contributed by atoms with Crippen molar-refractivity contribution < 1.29 is 22.3 Å². The number of likely N-dealkylation sites (tertiary alicyclic amines) is 1. The number of halogens is 2. The predicted octanol–water partition coefficient (Wildman–Crippen LogP) is 1.51. The molecule has 0 aromatic carbocycles. The Labute approximate surface area is 104 Å². The summed E-state index contributed by atoms with van der Waals surface area (Å²) in [4.78, 5) is 12.6. The smallest absolute Gasteiger partial charge is 0.410 e. The summed E-state index contributed by atoms with van der Waals surface area (Å²) in [7, 11) is 1.08. The fourth-order valence-electron chi connectivity index (χ4n) is 1.48. The maximum Gasteiger partial charge on any atom is 0.410 e. The highest BCUT2D eigenvalue weighted by Gasteiger charge is 2.43. The molecule has 0 radical (unpaired) electrons. The SMILES string of the molecule is CC(C)(C)OC(=O)N1C[C@H](F)[C@@H](S(=O)(=O)Cl)C1. The number of amides is 1. The number of carbonyl (C=O) groups excluding carboxylic acids is 1. The highest BCUT2D eigenvalue weighted by Crippen LogP contribution is 2.24. The molecule has 0 bridgehead atoms. The molecule has 1 aliphatic heterocycles. The minimum atomic E-state index is -4.01. The van der Waals surface area contributed by atoms with E-state index in [1.165, 1.54) is 0 Å².